The summed E-state index contributed by atoms with van der Waals surface area (Å²) in [5, 5.41) is 4.15. The van der Waals surface area contributed by atoms with E-state index in [9.17, 15) is 4.79 Å². The van der Waals surface area contributed by atoms with Gasteiger partial charge in [0.05, 0.1) is 6.42 Å². The Morgan fingerprint density at radius 3 is 2.68 bits per heavy atom. The van der Waals surface area contributed by atoms with Crippen LogP contribution >= 0.6 is 11.3 Å². The van der Waals surface area contributed by atoms with Gasteiger partial charge in [0.15, 0.2) is 0 Å². The molecule has 2 saturated heterocycles. The molecule has 1 aromatic heterocycles. The maximum Gasteiger partial charge on any atom is 0.227 e. The summed E-state index contributed by atoms with van der Waals surface area (Å²) in [6.45, 7) is 8.92. The minimum atomic E-state index is 0.323. The van der Waals surface area contributed by atoms with Crippen LogP contribution in [0.25, 0.3) is 0 Å². The molecule has 4 heteroatoms. The van der Waals surface area contributed by atoms with Crippen molar-refractivity contribution in [2.45, 2.75) is 52.0 Å². The van der Waals surface area contributed by atoms with E-state index in [0.29, 0.717) is 23.8 Å². The fraction of sp³-hybridized carbons (Fsp3) is 0.722. The summed E-state index contributed by atoms with van der Waals surface area (Å²) >= 11 is 1.68. The van der Waals surface area contributed by atoms with Gasteiger partial charge in [0.25, 0.3) is 0 Å². The van der Waals surface area contributed by atoms with Gasteiger partial charge in [0, 0.05) is 19.1 Å². The van der Waals surface area contributed by atoms with Crippen LogP contribution in [0.5, 0.6) is 0 Å². The molecule has 3 nitrogen and oxygen atoms in total. The highest BCUT2D eigenvalue weighted by Gasteiger charge is 2.39. The number of likely N-dealkylation sites (tertiary alicyclic amines) is 2. The van der Waals surface area contributed by atoms with Crippen LogP contribution in [-0.2, 0) is 11.2 Å². The van der Waals surface area contributed by atoms with E-state index in [2.05, 4.69) is 40.5 Å². The lowest BCUT2D eigenvalue weighted by molar-refractivity contribution is -0.135. The number of hydrogen-bond acceptors (Lipinski definition) is 3. The van der Waals surface area contributed by atoms with Gasteiger partial charge in [-0.05, 0) is 80.4 Å². The van der Waals surface area contributed by atoms with Gasteiger partial charge >= 0.3 is 0 Å². The topological polar surface area (TPSA) is 23.6 Å². The first kappa shape index (κ1) is 16.0. The highest BCUT2D eigenvalue weighted by Crippen LogP contribution is 2.40. The van der Waals surface area contributed by atoms with Crippen molar-refractivity contribution in [3.8, 4) is 0 Å². The standard InChI is InChI=1S/C18H28N2OS/c1-15(2)19-9-6-18(7-10-19)5-3-8-20(14-18)17(21)12-16-4-11-22-13-16/h4,11,13,15H,3,5-10,12,14H2,1-2H3. The Hall–Kier alpha value is -0.870. The summed E-state index contributed by atoms with van der Waals surface area (Å²) in [4.78, 5) is 17.3. The van der Waals surface area contributed by atoms with Crippen molar-refractivity contribution in [3.05, 3.63) is 22.4 Å². The van der Waals surface area contributed by atoms with E-state index in [1.165, 1.54) is 44.3 Å². The first-order valence-electron chi connectivity index (χ1n) is 8.61. The third kappa shape index (κ3) is 3.54. The number of hydrogen-bond donors (Lipinski definition) is 0. The Labute approximate surface area is 138 Å². The molecule has 1 amide bonds. The predicted octanol–water partition coefficient (Wildman–Crippen LogP) is 3.40. The fourth-order valence-electron chi connectivity index (χ4n) is 4.02. The van der Waals surface area contributed by atoms with E-state index in [1.54, 1.807) is 11.3 Å². The van der Waals surface area contributed by atoms with Gasteiger partial charge in [-0.25, -0.2) is 0 Å². The molecule has 0 N–H and O–H groups in total. The van der Waals surface area contributed by atoms with Crippen LogP contribution in [0.2, 0.25) is 0 Å². The zero-order valence-corrected chi connectivity index (χ0v) is 14.7. The maximum absolute atomic E-state index is 12.6. The van der Waals surface area contributed by atoms with Crippen LogP contribution in [0.3, 0.4) is 0 Å². The lowest BCUT2D eigenvalue weighted by atomic mass is 9.72. The molecule has 0 aromatic carbocycles. The molecule has 1 aromatic rings. The molecule has 2 aliphatic rings. The highest BCUT2D eigenvalue weighted by atomic mass is 32.1. The van der Waals surface area contributed by atoms with Crippen molar-refractivity contribution < 1.29 is 4.79 Å². The predicted molar refractivity (Wildman–Crippen MR) is 92.2 cm³/mol. The summed E-state index contributed by atoms with van der Waals surface area (Å²) in [6.07, 6.45) is 5.58. The number of amides is 1. The molecule has 0 bridgehead atoms. The van der Waals surface area contributed by atoms with Gasteiger partial charge in [0.2, 0.25) is 5.91 Å². The Bertz CT molecular complexity index is 489. The van der Waals surface area contributed by atoms with E-state index >= 15 is 0 Å². The van der Waals surface area contributed by atoms with E-state index in [-0.39, 0.29) is 0 Å². The number of rotatable bonds is 3. The van der Waals surface area contributed by atoms with Crippen molar-refractivity contribution >= 4 is 17.2 Å². The SMILES string of the molecule is CC(C)N1CCC2(CCCN(C(=O)Cc3ccsc3)C2)CC1. The molecule has 1 spiro atoms. The number of carbonyl (C=O) groups excluding carboxylic acids is 1. The number of nitrogens with zero attached hydrogens (tertiary/aromatic N) is 2. The molecular formula is C18H28N2OS. The van der Waals surface area contributed by atoms with Crippen molar-refractivity contribution in [1.82, 2.24) is 9.80 Å². The third-order valence-electron chi connectivity index (χ3n) is 5.54. The number of carbonyl (C=O) groups is 1. The Morgan fingerprint density at radius 2 is 2.05 bits per heavy atom. The van der Waals surface area contributed by atoms with Crippen LogP contribution < -0.4 is 0 Å². The van der Waals surface area contributed by atoms with Crippen molar-refractivity contribution in [2.75, 3.05) is 26.2 Å². The van der Waals surface area contributed by atoms with Gasteiger partial charge in [-0.3, -0.25) is 4.79 Å². The zero-order valence-electron chi connectivity index (χ0n) is 13.9. The average Bonchev–Trinajstić information content (AvgIpc) is 3.01. The lowest BCUT2D eigenvalue weighted by Crippen LogP contribution is -2.52. The summed E-state index contributed by atoms with van der Waals surface area (Å²) in [7, 11) is 0. The molecule has 0 atom stereocenters. The molecular weight excluding hydrogens is 292 g/mol. The first-order chi connectivity index (χ1) is 10.6. The molecule has 3 heterocycles. The van der Waals surface area contributed by atoms with Crippen LogP contribution in [0.4, 0.5) is 0 Å². The summed E-state index contributed by atoms with van der Waals surface area (Å²) < 4.78 is 0. The zero-order chi connectivity index (χ0) is 15.6. The van der Waals surface area contributed by atoms with E-state index in [0.717, 1.165) is 13.1 Å². The van der Waals surface area contributed by atoms with Gasteiger partial charge in [-0.2, -0.15) is 11.3 Å². The Kier molecular flexibility index (Phi) is 4.88. The lowest BCUT2D eigenvalue weighted by Gasteiger charge is -2.48. The van der Waals surface area contributed by atoms with Gasteiger partial charge < -0.3 is 9.80 Å². The second-order valence-corrected chi connectivity index (χ2v) is 8.14. The molecule has 122 valence electrons. The van der Waals surface area contributed by atoms with Gasteiger partial charge in [0.1, 0.15) is 0 Å². The molecule has 0 radical (unpaired) electrons. The third-order valence-corrected chi connectivity index (χ3v) is 6.27. The highest BCUT2D eigenvalue weighted by molar-refractivity contribution is 7.07. The quantitative estimate of drug-likeness (QED) is 0.852. The second kappa shape index (κ2) is 6.71. The Balaban J connectivity index is 1.58. The molecule has 0 aliphatic carbocycles. The first-order valence-corrected chi connectivity index (χ1v) is 9.55. The fourth-order valence-corrected chi connectivity index (χ4v) is 4.69. The van der Waals surface area contributed by atoms with Crippen molar-refractivity contribution in [3.63, 3.8) is 0 Å². The average molecular weight is 321 g/mol. The minimum absolute atomic E-state index is 0.323. The van der Waals surface area contributed by atoms with Crippen LogP contribution in [-0.4, -0.2) is 47.9 Å². The second-order valence-electron chi connectivity index (χ2n) is 7.36. The number of piperidine rings is 2. The van der Waals surface area contributed by atoms with Crippen molar-refractivity contribution in [1.29, 1.82) is 0 Å². The van der Waals surface area contributed by atoms with Crippen molar-refractivity contribution in [2.24, 2.45) is 5.41 Å². The largest absolute Gasteiger partial charge is 0.342 e. The van der Waals surface area contributed by atoms with Crippen LogP contribution in [0, 0.1) is 5.41 Å². The van der Waals surface area contributed by atoms with E-state index in [1.807, 2.05) is 0 Å². The normalized spacial score (nSPS) is 22.4. The van der Waals surface area contributed by atoms with Crippen LogP contribution in [0.15, 0.2) is 16.8 Å². The molecule has 2 fully saturated rings. The smallest absolute Gasteiger partial charge is 0.227 e. The van der Waals surface area contributed by atoms with Crippen LogP contribution in [0.1, 0.15) is 45.1 Å². The summed E-state index contributed by atoms with van der Waals surface area (Å²) in [6, 6.07) is 2.72. The monoisotopic (exact) mass is 320 g/mol. The van der Waals surface area contributed by atoms with Gasteiger partial charge in [-0.1, -0.05) is 0 Å². The molecule has 3 rings (SSSR count). The van der Waals surface area contributed by atoms with E-state index in [4.69, 9.17) is 0 Å². The minimum Gasteiger partial charge on any atom is -0.342 e. The molecule has 0 saturated carbocycles. The number of thiophene rings is 1. The molecule has 0 unspecified atom stereocenters. The Morgan fingerprint density at radius 1 is 1.27 bits per heavy atom. The molecule has 2 aliphatic heterocycles. The van der Waals surface area contributed by atoms with Gasteiger partial charge in [-0.15, -0.1) is 0 Å². The van der Waals surface area contributed by atoms with E-state index < -0.39 is 0 Å². The summed E-state index contributed by atoms with van der Waals surface area (Å²) in [5.74, 6) is 0.323. The maximum atomic E-state index is 12.6. The molecule has 22 heavy (non-hydrogen) atoms. The summed E-state index contributed by atoms with van der Waals surface area (Å²) in [5.41, 5.74) is 1.57.